The van der Waals surface area contributed by atoms with Crippen molar-refractivity contribution >= 4 is 11.4 Å². The van der Waals surface area contributed by atoms with Gasteiger partial charge < -0.3 is 15.1 Å². The molecule has 1 unspecified atom stereocenters. The maximum absolute atomic E-state index is 14.3. The summed E-state index contributed by atoms with van der Waals surface area (Å²) in [7, 11) is 2.18. The Labute approximate surface area is 127 Å². The minimum Gasteiger partial charge on any atom is -0.383 e. The van der Waals surface area contributed by atoms with Gasteiger partial charge in [0.05, 0.1) is 5.69 Å². The van der Waals surface area contributed by atoms with Gasteiger partial charge in [-0.2, -0.15) is 0 Å². The van der Waals surface area contributed by atoms with Gasteiger partial charge in [0, 0.05) is 31.4 Å². The van der Waals surface area contributed by atoms with Crippen LogP contribution >= 0.6 is 0 Å². The molecule has 3 nitrogen and oxygen atoms in total. The van der Waals surface area contributed by atoms with Gasteiger partial charge in [0.2, 0.25) is 0 Å². The zero-order valence-electron chi connectivity index (χ0n) is 12.9. The van der Waals surface area contributed by atoms with Crippen molar-refractivity contribution in [1.82, 2.24) is 4.90 Å². The quantitative estimate of drug-likeness (QED) is 0.918. The number of rotatable bonds is 4. The molecule has 4 heteroatoms. The van der Waals surface area contributed by atoms with E-state index in [1.54, 1.807) is 6.07 Å². The van der Waals surface area contributed by atoms with E-state index in [9.17, 15) is 4.39 Å². The molecule has 1 aromatic rings. The lowest BCUT2D eigenvalue weighted by atomic mass is 10.0. The number of piperidine rings is 1. The highest BCUT2D eigenvalue weighted by atomic mass is 19.1. The molecule has 2 aliphatic heterocycles. The minimum atomic E-state index is -0.0982. The van der Waals surface area contributed by atoms with Gasteiger partial charge in [-0.15, -0.1) is 0 Å². The number of hydrogen-bond acceptors (Lipinski definition) is 3. The van der Waals surface area contributed by atoms with E-state index in [-0.39, 0.29) is 5.82 Å². The van der Waals surface area contributed by atoms with Gasteiger partial charge >= 0.3 is 0 Å². The van der Waals surface area contributed by atoms with Crippen LogP contribution in [0.1, 0.15) is 32.1 Å². The maximum Gasteiger partial charge on any atom is 0.148 e. The molecular weight excluding hydrogens is 265 g/mol. The third kappa shape index (κ3) is 3.49. The molecule has 1 atom stereocenters. The SMILES string of the molecule is CN1CCCCC1CNc1ccc(N2CCCC2)c(F)c1. The van der Waals surface area contributed by atoms with Crippen molar-refractivity contribution in [2.24, 2.45) is 0 Å². The summed E-state index contributed by atoms with van der Waals surface area (Å²) < 4.78 is 14.3. The third-order valence-electron chi connectivity index (χ3n) is 4.86. The summed E-state index contributed by atoms with van der Waals surface area (Å²) in [6.45, 7) is 4.04. The standard InChI is InChI=1S/C17H26FN3/c1-20-9-3-2-6-15(20)13-19-14-7-8-17(16(18)12-14)21-10-4-5-11-21/h7-8,12,15,19H,2-6,9-11,13H2,1H3. The molecule has 0 aromatic heterocycles. The lowest BCUT2D eigenvalue weighted by molar-refractivity contribution is 0.194. The van der Waals surface area contributed by atoms with Crippen molar-refractivity contribution < 1.29 is 4.39 Å². The van der Waals surface area contributed by atoms with E-state index in [2.05, 4.69) is 22.2 Å². The molecule has 2 heterocycles. The van der Waals surface area contributed by atoms with E-state index in [4.69, 9.17) is 0 Å². The number of likely N-dealkylation sites (tertiary alicyclic amines) is 1. The second-order valence-corrected chi connectivity index (χ2v) is 6.37. The van der Waals surface area contributed by atoms with E-state index in [1.165, 1.54) is 38.6 Å². The molecule has 0 aliphatic carbocycles. The van der Waals surface area contributed by atoms with Crippen LogP contribution in [0.3, 0.4) is 0 Å². The lowest BCUT2D eigenvalue weighted by Crippen LogP contribution is -2.40. The zero-order chi connectivity index (χ0) is 14.7. The van der Waals surface area contributed by atoms with Crippen LogP contribution in [-0.2, 0) is 0 Å². The molecule has 2 saturated heterocycles. The fourth-order valence-electron chi connectivity index (χ4n) is 3.47. The predicted molar refractivity (Wildman–Crippen MR) is 86.6 cm³/mol. The molecule has 2 aliphatic rings. The van der Waals surface area contributed by atoms with Gasteiger partial charge in [0.15, 0.2) is 0 Å². The van der Waals surface area contributed by atoms with E-state index in [0.29, 0.717) is 6.04 Å². The number of hydrogen-bond donors (Lipinski definition) is 1. The van der Waals surface area contributed by atoms with Crippen LogP contribution in [0.2, 0.25) is 0 Å². The van der Waals surface area contributed by atoms with Crippen molar-refractivity contribution in [3.8, 4) is 0 Å². The topological polar surface area (TPSA) is 18.5 Å². The van der Waals surface area contributed by atoms with Crippen LogP contribution in [0.25, 0.3) is 0 Å². The molecule has 1 aromatic carbocycles. The number of nitrogens with one attached hydrogen (secondary N) is 1. The monoisotopic (exact) mass is 291 g/mol. The number of halogens is 1. The lowest BCUT2D eigenvalue weighted by Gasteiger charge is -2.32. The van der Waals surface area contributed by atoms with Crippen LogP contribution in [0.4, 0.5) is 15.8 Å². The van der Waals surface area contributed by atoms with Crippen molar-refractivity contribution in [2.75, 3.05) is 43.4 Å². The summed E-state index contributed by atoms with van der Waals surface area (Å²) in [6.07, 6.45) is 6.18. The van der Waals surface area contributed by atoms with Crippen LogP contribution in [0.5, 0.6) is 0 Å². The Morgan fingerprint density at radius 2 is 1.90 bits per heavy atom. The second-order valence-electron chi connectivity index (χ2n) is 6.37. The fraction of sp³-hybridized carbons (Fsp3) is 0.647. The first-order chi connectivity index (χ1) is 10.2. The normalized spacial score (nSPS) is 23.5. The summed E-state index contributed by atoms with van der Waals surface area (Å²) in [6, 6.07) is 6.16. The Hall–Kier alpha value is -1.29. The molecule has 116 valence electrons. The average Bonchev–Trinajstić information content (AvgIpc) is 3.00. The fourth-order valence-corrected chi connectivity index (χ4v) is 3.47. The molecule has 0 radical (unpaired) electrons. The van der Waals surface area contributed by atoms with Crippen molar-refractivity contribution in [2.45, 2.75) is 38.1 Å². The Morgan fingerprint density at radius 3 is 2.62 bits per heavy atom. The van der Waals surface area contributed by atoms with Crippen molar-refractivity contribution in [3.63, 3.8) is 0 Å². The van der Waals surface area contributed by atoms with Gasteiger partial charge in [-0.1, -0.05) is 6.42 Å². The van der Waals surface area contributed by atoms with E-state index >= 15 is 0 Å². The largest absolute Gasteiger partial charge is 0.383 e. The average molecular weight is 291 g/mol. The zero-order valence-corrected chi connectivity index (χ0v) is 12.9. The first-order valence-corrected chi connectivity index (χ1v) is 8.22. The summed E-state index contributed by atoms with van der Waals surface area (Å²) in [5, 5.41) is 3.40. The molecule has 0 saturated carbocycles. The smallest absolute Gasteiger partial charge is 0.148 e. The van der Waals surface area contributed by atoms with Crippen LogP contribution in [0, 0.1) is 5.82 Å². The molecule has 1 N–H and O–H groups in total. The highest BCUT2D eigenvalue weighted by Gasteiger charge is 2.19. The molecule has 0 spiro atoms. The third-order valence-corrected chi connectivity index (χ3v) is 4.86. The van der Waals surface area contributed by atoms with E-state index in [1.807, 2.05) is 12.1 Å². The van der Waals surface area contributed by atoms with Gasteiger partial charge in [-0.05, 0) is 57.5 Å². The van der Waals surface area contributed by atoms with Gasteiger partial charge in [0.1, 0.15) is 5.82 Å². The Balaban J connectivity index is 1.59. The first-order valence-electron chi connectivity index (χ1n) is 8.22. The molecule has 2 fully saturated rings. The summed E-state index contributed by atoms with van der Waals surface area (Å²) in [5.74, 6) is -0.0982. The predicted octanol–water partition coefficient (Wildman–Crippen LogP) is 3.32. The van der Waals surface area contributed by atoms with E-state index < -0.39 is 0 Å². The van der Waals surface area contributed by atoms with Crippen molar-refractivity contribution in [1.29, 1.82) is 0 Å². The van der Waals surface area contributed by atoms with Crippen LogP contribution < -0.4 is 10.2 Å². The Morgan fingerprint density at radius 1 is 1.14 bits per heavy atom. The maximum atomic E-state index is 14.3. The first kappa shape index (κ1) is 14.6. The molecule has 21 heavy (non-hydrogen) atoms. The second kappa shape index (κ2) is 6.65. The van der Waals surface area contributed by atoms with Gasteiger partial charge in [-0.3, -0.25) is 0 Å². The number of nitrogens with zero attached hydrogens (tertiary/aromatic N) is 2. The molecule has 3 rings (SSSR count). The van der Waals surface area contributed by atoms with Crippen molar-refractivity contribution in [3.05, 3.63) is 24.0 Å². The van der Waals surface area contributed by atoms with Crippen LogP contribution in [0.15, 0.2) is 18.2 Å². The summed E-state index contributed by atoms with van der Waals surface area (Å²) in [5.41, 5.74) is 1.65. The number of benzene rings is 1. The highest BCUT2D eigenvalue weighted by Crippen LogP contribution is 2.26. The molecular formula is C17H26FN3. The number of anilines is 2. The Bertz CT molecular complexity index is 471. The number of likely N-dealkylation sites (N-methyl/N-ethyl adjacent to an activating group) is 1. The van der Waals surface area contributed by atoms with Crippen LogP contribution in [-0.4, -0.2) is 44.2 Å². The summed E-state index contributed by atoms with van der Waals surface area (Å²) in [4.78, 5) is 4.56. The minimum absolute atomic E-state index is 0.0982. The van der Waals surface area contributed by atoms with Gasteiger partial charge in [0.25, 0.3) is 0 Å². The van der Waals surface area contributed by atoms with E-state index in [0.717, 1.165) is 31.0 Å². The highest BCUT2D eigenvalue weighted by molar-refractivity contribution is 5.56. The van der Waals surface area contributed by atoms with Gasteiger partial charge in [-0.25, -0.2) is 4.39 Å². The summed E-state index contributed by atoms with van der Waals surface area (Å²) >= 11 is 0. The Kier molecular flexibility index (Phi) is 4.63. The molecule has 0 amide bonds. The molecule has 0 bridgehead atoms.